The highest BCUT2D eigenvalue weighted by atomic mass is 35.5. The largest absolute Gasteiger partial charge is 0.478 e. The van der Waals surface area contributed by atoms with Crippen LogP contribution in [0.5, 0.6) is 0 Å². The number of thioether (sulfide) groups is 1. The average molecular weight is 581 g/mol. The van der Waals surface area contributed by atoms with Gasteiger partial charge in [-0.1, -0.05) is 47.2 Å². The van der Waals surface area contributed by atoms with E-state index in [1.54, 1.807) is 24.3 Å². The summed E-state index contributed by atoms with van der Waals surface area (Å²) in [5.41, 5.74) is 1.39. The smallest absolute Gasteiger partial charge is 0.338 e. The van der Waals surface area contributed by atoms with Gasteiger partial charge in [-0.15, -0.1) is 11.3 Å². The highest BCUT2D eigenvalue weighted by Crippen LogP contribution is 2.36. The molecule has 0 saturated carbocycles. The Labute approximate surface area is 228 Å². The van der Waals surface area contributed by atoms with Crippen LogP contribution in [-0.4, -0.2) is 38.7 Å². The molecule has 184 valence electrons. The molecule has 0 aliphatic carbocycles. The molecule has 2 aromatic carbocycles. The first-order chi connectivity index (χ1) is 17.1. The van der Waals surface area contributed by atoms with Crippen molar-refractivity contribution in [2.24, 2.45) is 0 Å². The molecule has 6 nitrogen and oxygen atoms in total. The topological polar surface area (TPSA) is 86.7 Å². The number of halogens is 3. The summed E-state index contributed by atoms with van der Waals surface area (Å²) in [7, 11) is 0. The van der Waals surface area contributed by atoms with Crippen LogP contribution in [0.25, 0.3) is 17.2 Å². The summed E-state index contributed by atoms with van der Waals surface area (Å²) in [5, 5.41) is 14.4. The van der Waals surface area contributed by atoms with Crippen molar-refractivity contribution in [3.05, 3.63) is 79.1 Å². The Hall–Kier alpha value is -2.76. The molecule has 1 aromatic heterocycles. The predicted octanol–water partition coefficient (Wildman–Crippen LogP) is 6.79. The van der Waals surface area contributed by atoms with Crippen LogP contribution >= 0.6 is 58.5 Å². The summed E-state index contributed by atoms with van der Waals surface area (Å²) in [5.74, 6) is -3.15. The van der Waals surface area contributed by atoms with E-state index in [1.807, 2.05) is 11.4 Å². The molecule has 1 aliphatic rings. The Morgan fingerprint density at radius 3 is 2.50 bits per heavy atom. The molecular formula is C24H15Cl2FN2O4S3. The molecule has 0 unspecified atom stereocenters. The van der Waals surface area contributed by atoms with E-state index in [0.717, 1.165) is 39.9 Å². The molecule has 1 saturated heterocycles. The Bertz CT molecular complexity index is 1420. The standard InChI is InChI=1S/C24H15Cl2FN2O4S3/c25-14-5-12(6-15(26)8-14)13-7-17(35-11-13)10-20-22(31)29(24(34)36-20)4-3-21(30)28-16-1-2-18(23(32)33)19(27)9-16/h1-2,5-11H,3-4H2,(H,28,30)(H,32,33). The second kappa shape index (κ2) is 11.1. The lowest BCUT2D eigenvalue weighted by atomic mass is 10.1. The molecule has 2 heterocycles. The number of nitrogens with one attached hydrogen (secondary N) is 1. The molecule has 0 atom stereocenters. The molecule has 12 heteroatoms. The number of aromatic carboxylic acids is 1. The van der Waals surface area contributed by atoms with Gasteiger partial charge in [-0.3, -0.25) is 14.5 Å². The summed E-state index contributed by atoms with van der Waals surface area (Å²) in [4.78, 5) is 38.7. The molecule has 0 spiro atoms. The van der Waals surface area contributed by atoms with E-state index in [-0.39, 0.29) is 24.6 Å². The van der Waals surface area contributed by atoms with E-state index in [9.17, 15) is 18.8 Å². The summed E-state index contributed by atoms with van der Waals surface area (Å²) >= 11 is 20.1. The molecule has 2 amide bonds. The Morgan fingerprint density at radius 2 is 1.83 bits per heavy atom. The van der Waals surface area contributed by atoms with Crippen molar-refractivity contribution in [1.82, 2.24) is 4.90 Å². The van der Waals surface area contributed by atoms with Gasteiger partial charge < -0.3 is 10.4 Å². The quantitative estimate of drug-likeness (QED) is 0.236. The van der Waals surface area contributed by atoms with Crippen molar-refractivity contribution in [3.63, 3.8) is 0 Å². The van der Waals surface area contributed by atoms with Gasteiger partial charge in [0.05, 0.1) is 10.5 Å². The molecule has 4 rings (SSSR count). The number of thiophene rings is 1. The number of thiocarbonyl (C=S) groups is 1. The third kappa shape index (κ3) is 6.13. The van der Waals surface area contributed by atoms with Crippen molar-refractivity contribution in [2.75, 3.05) is 11.9 Å². The monoisotopic (exact) mass is 580 g/mol. The van der Waals surface area contributed by atoms with Crippen LogP contribution in [0.1, 0.15) is 21.7 Å². The lowest BCUT2D eigenvalue weighted by molar-refractivity contribution is -0.122. The number of carboxylic acid groups (broad SMARTS) is 1. The van der Waals surface area contributed by atoms with Gasteiger partial charge in [0.25, 0.3) is 5.91 Å². The van der Waals surface area contributed by atoms with Crippen LogP contribution in [0.15, 0.2) is 52.7 Å². The van der Waals surface area contributed by atoms with E-state index in [2.05, 4.69) is 5.32 Å². The maximum Gasteiger partial charge on any atom is 0.338 e. The lowest BCUT2D eigenvalue weighted by Crippen LogP contribution is -2.31. The second-order valence-electron chi connectivity index (χ2n) is 7.53. The molecule has 0 bridgehead atoms. The summed E-state index contributed by atoms with van der Waals surface area (Å²) in [6, 6.07) is 10.5. The van der Waals surface area contributed by atoms with Gasteiger partial charge in [0.1, 0.15) is 10.1 Å². The molecular weight excluding hydrogens is 566 g/mol. The normalized spacial score (nSPS) is 14.5. The number of nitrogens with zero attached hydrogens (tertiary/aromatic N) is 1. The number of carbonyl (C=O) groups excluding carboxylic acids is 2. The van der Waals surface area contributed by atoms with Gasteiger partial charge in [0.15, 0.2) is 0 Å². The van der Waals surface area contributed by atoms with Crippen LogP contribution in [-0.2, 0) is 9.59 Å². The van der Waals surface area contributed by atoms with Crippen molar-refractivity contribution in [3.8, 4) is 11.1 Å². The summed E-state index contributed by atoms with van der Waals surface area (Å²) < 4.78 is 14.1. The number of carboxylic acids is 1. The van der Waals surface area contributed by atoms with E-state index in [1.165, 1.54) is 22.3 Å². The number of hydrogen-bond donors (Lipinski definition) is 2. The number of hydrogen-bond acceptors (Lipinski definition) is 6. The molecule has 0 radical (unpaired) electrons. The molecule has 1 fully saturated rings. The minimum atomic E-state index is -1.40. The van der Waals surface area contributed by atoms with Gasteiger partial charge >= 0.3 is 5.97 Å². The number of carbonyl (C=O) groups is 3. The van der Waals surface area contributed by atoms with Crippen LogP contribution in [0.2, 0.25) is 10.0 Å². The lowest BCUT2D eigenvalue weighted by Gasteiger charge is -2.14. The highest BCUT2D eigenvalue weighted by molar-refractivity contribution is 8.26. The van der Waals surface area contributed by atoms with E-state index < -0.39 is 23.3 Å². The zero-order valence-corrected chi connectivity index (χ0v) is 22.0. The Kier molecular flexibility index (Phi) is 8.11. The first-order valence-corrected chi connectivity index (χ1v) is 13.1. The maximum absolute atomic E-state index is 13.8. The van der Waals surface area contributed by atoms with Crippen molar-refractivity contribution in [2.45, 2.75) is 6.42 Å². The third-order valence-electron chi connectivity index (χ3n) is 5.01. The first kappa shape index (κ1) is 26.3. The predicted molar refractivity (Wildman–Crippen MR) is 146 cm³/mol. The maximum atomic E-state index is 13.8. The van der Waals surface area contributed by atoms with E-state index in [4.69, 9.17) is 40.5 Å². The second-order valence-corrected chi connectivity index (χ2v) is 11.0. The minimum absolute atomic E-state index is 0.0419. The average Bonchev–Trinajstić information content (AvgIpc) is 3.36. The Morgan fingerprint density at radius 1 is 1.11 bits per heavy atom. The van der Waals surface area contributed by atoms with Gasteiger partial charge in [0, 0.05) is 33.6 Å². The van der Waals surface area contributed by atoms with Crippen molar-refractivity contribution < 1.29 is 23.9 Å². The Balaban J connectivity index is 1.38. The van der Waals surface area contributed by atoms with Crippen molar-refractivity contribution >= 4 is 92.4 Å². The van der Waals surface area contributed by atoms with Crippen LogP contribution in [0.3, 0.4) is 0 Å². The number of benzene rings is 2. The number of amides is 2. The fourth-order valence-corrected chi connectivity index (χ4v) is 6.07. The van der Waals surface area contributed by atoms with Crippen LogP contribution in [0.4, 0.5) is 10.1 Å². The molecule has 1 aliphatic heterocycles. The highest BCUT2D eigenvalue weighted by Gasteiger charge is 2.32. The van der Waals surface area contributed by atoms with Gasteiger partial charge in [-0.2, -0.15) is 0 Å². The van der Waals surface area contributed by atoms with Crippen LogP contribution < -0.4 is 5.32 Å². The molecule has 36 heavy (non-hydrogen) atoms. The zero-order chi connectivity index (χ0) is 26.0. The number of anilines is 1. The van der Waals surface area contributed by atoms with Gasteiger partial charge in [-0.05, 0) is 65.0 Å². The zero-order valence-electron chi connectivity index (χ0n) is 18.1. The first-order valence-electron chi connectivity index (χ1n) is 10.2. The van der Waals surface area contributed by atoms with Crippen molar-refractivity contribution in [1.29, 1.82) is 0 Å². The van der Waals surface area contributed by atoms with E-state index >= 15 is 0 Å². The molecule has 3 aromatic rings. The SMILES string of the molecule is O=C(CCN1C(=O)C(=Cc2cc(-c3cc(Cl)cc(Cl)c3)cs2)SC1=S)Nc1ccc(C(=O)O)c(F)c1. The molecule has 2 N–H and O–H groups in total. The van der Waals surface area contributed by atoms with Gasteiger partial charge in [0.2, 0.25) is 5.91 Å². The minimum Gasteiger partial charge on any atom is -0.478 e. The fourth-order valence-electron chi connectivity index (χ4n) is 3.33. The fraction of sp³-hybridized carbons (Fsp3) is 0.0833. The van der Waals surface area contributed by atoms with Crippen LogP contribution in [0, 0.1) is 5.82 Å². The summed E-state index contributed by atoms with van der Waals surface area (Å²) in [6.45, 7) is 0.0419. The summed E-state index contributed by atoms with van der Waals surface area (Å²) in [6.07, 6.45) is 1.66. The van der Waals surface area contributed by atoms with E-state index in [0.29, 0.717) is 19.3 Å². The third-order valence-corrected chi connectivity index (χ3v) is 7.70. The number of rotatable bonds is 7. The van der Waals surface area contributed by atoms with Gasteiger partial charge in [-0.25, -0.2) is 9.18 Å².